The van der Waals surface area contributed by atoms with Crippen LogP contribution < -0.4 is 5.56 Å². The molecule has 1 aliphatic rings. The number of imidazole rings is 1. The SMILES string of the molecule is CC(C)=CCC(C)(C)n1cnc2c(ncn2C2CC(O)C(CO)O2)c1=O. The molecule has 0 spiro atoms. The Hall–Kier alpha value is -2.03. The van der Waals surface area contributed by atoms with Crippen molar-refractivity contribution in [3.05, 3.63) is 34.7 Å². The van der Waals surface area contributed by atoms with Gasteiger partial charge in [0, 0.05) is 12.0 Å². The van der Waals surface area contributed by atoms with E-state index in [1.54, 1.807) is 9.13 Å². The number of aliphatic hydroxyl groups is 2. The van der Waals surface area contributed by atoms with Crippen LogP contribution in [-0.2, 0) is 10.3 Å². The van der Waals surface area contributed by atoms with Crippen molar-refractivity contribution in [2.24, 2.45) is 0 Å². The van der Waals surface area contributed by atoms with Crippen molar-refractivity contribution in [2.75, 3.05) is 6.61 Å². The summed E-state index contributed by atoms with van der Waals surface area (Å²) in [7, 11) is 0. The zero-order valence-electron chi connectivity index (χ0n) is 15.6. The van der Waals surface area contributed by atoms with Crippen LogP contribution in [0.3, 0.4) is 0 Å². The van der Waals surface area contributed by atoms with Crippen LogP contribution in [0.15, 0.2) is 29.1 Å². The molecule has 1 saturated heterocycles. The highest BCUT2D eigenvalue weighted by Crippen LogP contribution is 2.30. The summed E-state index contributed by atoms with van der Waals surface area (Å²) in [6, 6.07) is 0. The van der Waals surface area contributed by atoms with Crippen molar-refractivity contribution in [2.45, 2.75) is 64.5 Å². The maximum absolute atomic E-state index is 12.9. The zero-order valence-corrected chi connectivity index (χ0v) is 15.6. The lowest BCUT2D eigenvalue weighted by Crippen LogP contribution is -2.36. The maximum Gasteiger partial charge on any atom is 0.282 e. The number of hydrogen-bond acceptors (Lipinski definition) is 6. The molecule has 2 aromatic rings. The Kier molecular flexibility index (Phi) is 5.01. The molecule has 3 atom stereocenters. The minimum absolute atomic E-state index is 0.210. The fourth-order valence-corrected chi connectivity index (χ4v) is 3.16. The number of aromatic nitrogens is 4. The summed E-state index contributed by atoms with van der Waals surface area (Å²) in [5.74, 6) is 0. The summed E-state index contributed by atoms with van der Waals surface area (Å²) in [5.41, 5.74) is 1.24. The Bertz CT molecular complexity index is 879. The highest BCUT2D eigenvalue weighted by molar-refractivity contribution is 5.69. The molecule has 3 heterocycles. The van der Waals surface area contributed by atoms with Gasteiger partial charge in [-0.1, -0.05) is 11.6 Å². The number of aliphatic hydroxyl groups excluding tert-OH is 2. The average molecular weight is 362 g/mol. The molecule has 0 amide bonds. The van der Waals surface area contributed by atoms with Gasteiger partial charge >= 0.3 is 0 Å². The molecule has 0 saturated carbocycles. The van der Waals surface area contributed by atoms with E-state index in [2.05, 4.69) is 16.0 Å². The van der Waals surface area contributed by atoms with Gasteiger partial charge < -0.3 is 14.9 Å². The average Bonchev–Trinajstić information content (AvgIpc) is 3.16. The summed E-state index contributed by atoms with van der Waals surface area (Å²) in [6.07, 6.45) is 4.26. The van der Waals surface area contributed by atoms with Crippen LogP contribution in [0, 0.1) is 0 Å². The van der Waals surface area contributed by atoms with Crippen LogP contribution in [0.1, 0.15) is 46.8 Å². The number of hydrogen-bond donors (Lipinski definition) is 2. The van der Waals surface area contributed by atoms with Crippen molar-refractivity contribution >= 4 is 11.2 Å². The van der Waals surface area contributed by atoms with Gasteiger partial charge in [-0.15, -0.1) is 0 Å². The number of nitrogens with zero attached hydrogens (tertiary/aromatic N) is 4. The minimum Gasteiger partial charge on any atom is -0.394 e. The summed E-state index contributed by atoms with van der Waals surface area (Å²) in [6.45, 7) is 7.76. The second-order valence-electron chi connectivity index (χ2n) is 7.66. The zero-order chi connectivity index (χ0) is 19.1. The quantitative estimate of drug-likeness (QED) is 0.778. The van der Waals surface area contributed by atoms with Gasteiger partial charge in [0.2, 0.25) is 0 Å². The number of allylic oxidation sites excluding steroid dienone is 2. The Labute approximate surface area is 151 Å². The van der Waals surface area contributed by atoms with Crippen LogP contribution in [0.4, 0.5) is 0 Å². The number of fused-ring (bicyclic) bond motifs is 1. The first-order valence-electron chi connectivity index (χ1n) is 8.77. The lowest BCUT2D eigenvalue weighted by molar-refractivity contribution is -0.0432. The summed E-state index contributed by atoms with van der Waals surface area (Å²) >= 11 is 0. The second kappa shape index (κ2) is 6.94. The molecule has 8 nitrogen and oxygen atoms in total. The molecule has 2 N–H and O–H groups in total. The van der Waals surface area contributed by atoms with E-state index in [4.69, 9.17) is 4.74 Å². The van der Waals surface area contributed by atoms with Crippen LogP contribution in [0.25, 0.3) is 11.2 Å². The van der Waals surface area contributed by atoms with Crippen molar-refractivity contribution in [1.29, 1.82) is 0 Å². The highest BCUT2D eigenvalue weighted by Gasteiger charge is 2.35. The van der Waals surface area contributed by atoms with E-state index < -0.39 is 24.0 Å². The third kappa shape index (κ3) is 3.32. The molecule has 1 aliphatic heterocycles. The Morgan fingerprint density at radius 1 is 1.38 bits per heavy atom. The van der Waals surface area contributed by atoms with Crippen molar-refractivity contribution in [3.63, 3.8) is 0 Å². The fourth-order valence-electron chi connectivity index (χ4n) is 3.16. The predicted octanol–water partition coefficient (Wildman–Crippen LogP) is 1.33. The fraction of sp³-hybridized carbons (Fsp3) is 0.611. The first-order chi connectivity index (χ1) is 12.2. The number of rotatable bonds is 5. The van der Waals surface area contributed by atoms with E-state index in [0.717, 1.165) is 0 Å². The van der Waals surface area contributed by atoms with Gasteiger partial charge in [-0.2, -0.15) is 0 Å². The largest absolute Gasteiger partial charge is 0.394 e. The van der Waals surface area contributed by atoms with Crippen molar-refractivity contribution in [1.82, 2.24) is 19.1 Å². The van der Waals surface area contributed by atoms with Crippen LogP contribution in [-0.4, -0.2) is 48.1 Å². The third-order valence-corrected chi connectivity index (χ3v) is 4.84. The predicted molar refractivity (Wildman–Crippen MR) is 96.8 cm³/mol. The summed E-state index contributed by atoms with van der Waals surface area (Å²) in [5, 5.41) is 19.2. The molecule has 26 heavy (non-hydrogen) atoms. The normalized spacial score (nSPS) is 23.5. The third-order valence-electron chi connectivity index (χ3n) is 4.84. The molecule has 2 aromatic heterocycles. The van der Waals surface area contributed by atoms with E-state index in [9.17, 15) is 15.0 Å². The van der Waals surface area contributed by atoms with Gasteiger partial charge in [0.25, 0.3) is 5.56 Å². The van der Waals surface area contributed by atoms with E-state index in [1.807, 2.05) is 27.7 Å². The van der Waals surface area contributed by atoms with E-state index in [1.165, 1.54) is 18.2 Å². The monoisotopic (exact) mass is 362 g/mol. The number of ether oxygens (including phenoxy) is 1. The molecule has 1 fully saturated rings. The van der Waals surface area contributed by atoms with Crippen molar-refractivity contribution < 1.29 is 14.9 Å². The van der Waals surface area contributed by atoms with Crippen molar-refractivity contribution in [3.8, 4) is 0 Å². The molecule has 0 radical (unpaired) electrons. The first-order valence-corrected chi connectivity index (χ1v) is 8.77. The molecule has 3 rings (SSSR count). The Morgan fingerprint density at radius 3 is 2.73 bits per heavy atom. The van der Waals surface area contributed by atoms with Gasteiger partial charge in [-0.05, 0) is 34.1 Å². The molecule has 3 unspecified atom stereocenters. The molecule has 8 heteroatoms. The van der Waals surface area contributed by atoms with Gasteiger partial charge in [-0.25, -0.2) is 9.97 Å². The topological polar surface area (TPSA) is 102 Å². The molecular formula is C18H26N4O4. The van der Waals surface area contributed by atoms with Gasteiger partial charge in [0.05, 0.1) is 19.0 Å². The highest BCUT2D eigenvalue weighted by atomic mass is 16.5. The van der Waals surface area contributed by atoms with Gasteiger partial charge in [0.15, 0.2) is 11.2 Å². The Balaban J connectivity index is 1.97. The Morgan fingerprint density at radius 2 is 2.12 bits per heavy atom. The summed E-state index contributed by atoms with van der Waals surface area (Å²) < 4.78 is 8.89. The molecule has 0 aliphatic carbocycles. The van der Waals surface area contributed by atoms with Gasteiger partial charge in [-0.3, -0.25) is 13.9 Å². The molecule has 0 bridgehead atoms. The van der Waals surface area contributed by atoms with Crippen LogP contribution >= 0.6 is 0 Å². The minimum atomic E-state index is -0.758. The van der Waals surface area contributed by atoms with E-state index >= 15 is 0 Å². The standard InChI is InChI=1S/C18H26N4O4/c1-11(2)5-6-18(3,4)22-10-20-16-15(17(22)25)19-9-21(16)14-7-12(24)13(8-23)26-14/h5,9-10,12-14,23-24H,6-8H2,1-4H3. The lowest BCUT2D eigenvalue weighted by Gasteiger charge is -2.26. The van der Waals surface area contributed by atoms with E-state index in [0.29, 0.717) is 18.5 Å². The van der Waals surface area contributed by atoms with Crippen LogP contribution in [0.2, 0.25) is 0 Å². The molecule has 142 valence electrons. The van der Waals surface area contributed by atoms with Crippen LogP contribution in [0.5, 0.6) is 0 Å². The second-order valence-corrected chi connectivity index (χ2v) is 7.66. The molecule has 0 aromatic carbocycles. The maximum atomic E-state index is 12.9. The van der Waals surface area contributed by atoms with E-state index in [-0.39, 0.29) is 17.7 Å². The molecular weight excluding hydrogens is 336 g/mol. The van der Waals surface area contributed by atoms with Gasteiger partial charge in [0.1, 0.15) is 18.7 Å². The lowest BCUT2D eigenvalue weighted by atomic mass is 9.99. The first kappa shape index (κ1) is 18.8. The summed E-state index contributed by atoms with van der Waals surface area (Å²) in [4.78, 5) is 21.6. The smallest absolute Gasteiger partial charge is 0.282 e.